The number of carboxylic acid groups (broad SMARTS) is 1. The highest BCUT2D eigenvalue weighted by Crippen LogP contribution is 2.27. The zero-order valence-corrected chi connectivity index (χ0v) is 11.4. The van der Waals surface area contributed by atoms with E-state index in [1.807, 2.05) is 44.2 Å². The SMILES string of the molecule is CC(C)(SCCOc1ccccc1)[C@H](N)C(=O)O. The molecule has 4 nitrogen and oxygen atoms in total. The van der Waals surface area contributed by atoms with Crippen LogP contribution in [-0.2, 0) is 4.79 Å². The minimum Gasteiger partial charge on any atom is -0.493 e. The lowest BCUT2D eigenvalue weighted by atomic mass is 10.1. The molecular weight excluding hydrogens is 250 g/mol. The highest BCUT2D eigenvalue weighted by Gasteiger charge is 2.32. The van der Waals surface area contributed by atoms with Crippen molar-refractivity contribution in [1.82, 2.24) is 0 Å². The molecule has 0 saturated carbocycles. The van der Waals surface area contributed by atoms with Gasteiger partial charge in [-0.3, -0.25) is 4.79 Å². The summed E-state index contributed by atoms with van der Waals surface area (Å²) in [4.78, 5) is 10.8. The van der Waals surface area contributed by atoms with Crippen molar-refractivity contribution >= 4 is 17.7 Å². The molecular formula is C13H19NO3S. The quantitative estimate of drug-likeness (QED) is 0.741. The van der Waals surface area contributed by atoms with Crippen LogP contribution < -0.4 is 10.5 Å². The first-order valence-corrected chi connectivity index (χ1v) is 6.72. The van der Waals surface area contributed by atoms with Gasteiger partial charge >= 0.3 is 5.97 Å². The molecule has 1 rings (SSSR count). The van der Waals surface area contributed by atoms with Gasteiger partial charge in [0.1, 0.15) is 11.8 Å². The second-order valence-electron chi connectivity index (χ2n) is 4.43. The third-order valence-electron chi connectivity index (χ3n) is 2.58. The number of thioether (sulfide) groups is 1. The van der Waals surface area contributed by atoms with Gasteiger partial charge in [0.25, 0.3) is 0 Å². The van der Waals surface area contributed by atoms with Crippen LogP contribution in [0.25, 0.3) is 0 Å². The van der Waals surface area contributed by atoms with E-state index in [1.165, 1.54) is 11.8 Å². The number of benzene rings is 1. The Hall–Kier alpha value is -1.20. The Balaban J connectivity index is 2.31. The van der Waals surface area contributed by atoms with Gasteiger partial charge in [0.2, 0.25) is 0 Å². The summed E-state index contributed by atoms with van der Waals surface area (Å²) in [7, 11) is 0. The third-order valence-corrected chi connectivity index (χ3v) is 3.95. The Morgan fingerprint density at radius 3 is 2.61 bits per heavy atom. The van der Waals surface area contributed by atoms with E-state index >= 15 is 0 Å². The summed E-state index contributed by atoms with van der Waals surface area (Å²) < 4.78 is 5.02. The standard InChI is InChI=1S/C13H19NO3S/c1-13(2,11(14)12(15)16)18-9-8-17-10-6-4-3-5-7-10/h3-7,11H,8-9,14H2,1-2H3,(H,15,16)/t11-/m1/s1. The zero-order chi connectivity index (χ0) is 13.6. The summed E-state index contributed by atoms with van der Waals surface area (Å²) in [5.41, 5.74) is 5.63. The second-order valence-corrected chi connectivity index (χ2v) is 6.18. The highest BCUT2D eigenvalue weighted by molar-refractivity contribution is 8.00. The molecule has 0 fully saturated rings. The molecule has 0 saturated heterocycles. The van der Waals surface area contributed by atoms with Gasteiger partial charge in [0, 0.05) is 10.5 Å². The monoisotopic (exact) mass is 269 g/mol. The summed E-state index contributed by atoms with van der Waals surface area (Å²) >= 11 is 1.50. The van der Waals surface area contributed by atoms with Gasteiger partial charge in [-0.25, -0.2) is 0 Å². The number of hydrogen-bond donors (Lipinski definition) is 2. The summed E-state index contributed by atoms with van der Waals surface area (Å²) in [6, 6.07) is 8.65. The van der Waals surface area contributed by atoms with E-state index in [9.17, 15) is 4.79 Å². The Bertz CT molecular complexity index is 381. The molecule has 0 heterocycles. The van der Waals surface area contributed by atoms with Crippen molar-refractivity contribution in [3.05, 3.63) is 30.3 Å². The number of carboxylic acids is 1. The average molecular weight is 269 g/mol. The van der Waals surface area contributed by atoms with E-state index in [2.05, 4.69) is 0 Å². The van der Waals surface area contributed by atoms with E-state index in [1.54, 1.807) is 0 Å². The summed E-state index contributed by atoms with van der Waals surface area (Å²) in [6.45, 7) is 4.20. The fourth-order valence-corrected chi connectivity index (χ4v) is 2.34. The van der Waals surface area contributed by atoms with Crippen molar-refractivity contribution in [2.24, 2.45) is 5.73 Å². The molecule has 1 aromatic rings. The van der Waals surface area contributed by atoms with Gasteiger partial charge in [0.15, 0.2) is 0 Å². The number of rotatable bonds is 7. The molecule has 1 aromatic carbocycles. The lowest BCUT2D eigenvalue weighted by molar-refractivity contribution is -0.139. The van der Waals surface area contributed by atoms with Crippen molar-refractivity contribution in [2.45, 2.75) is 24.6 Å². The van der Waals surface area contributed by atoms with Crippen molar-refractivity contribution in [3.63, 3.8) is 0 Å². The predicted octanol–water partition coefficient (Wildman–Crippen LogP) is 1.99. The average Bonchev–Trinajstić information content (AvgIpc) is 2.35. The van der Waals surface area contributed by atoms with Crippen molar-refractivity contribution in [1.29, 1.82) is 0 Å². The zero-order valence-electron chi connectivity index (χ0n) is 10.6. The number of aliphatic carboxylic acids is 1. The van der Waals surface area contributed by atoms with Crippen LogP contribution >= 0.6 is 11.8 Å². The fourth-order valence-electron chi connectivity index (χ4n) is 1.37. The molecule has 3 N–H and O–H groups in total. The maximum Gasteiger partial charge on any atom is 0.321 e. The van der Waals surface area contributed by atoms with Gasteiger partial charge in [-0.1, -0.05) is 18.2 Å². The molecule has 5 heteroatoms. The van der Waals surface area contributed by atoms with Crippen LogP contribution in [0.15, 0.2) is 30.3 Å². The van der Waals surface area contributed by atoms with E-state index in [0.29, 0.717) is 12.4 Å². The maximum absolute atomic E-state index is 10.8. The Morgan fingerprint density at radius 1 is 1.44 bits per heavy atom. The van der Waals surface area contributed by atoms with Gasteiger partial charge in [0.05, 0.1) is 6.61 Å². The molecule has 0 unspecified atom stereocenters. The fraction of sp³-hybridized carbons (Fsp3) is 0.462. The van der Waals surface area contributed by atoms with Crippen molar-refractivity contribution < 1.29 is 14.6 Å². The first-order chi connectivity index (χ1) is 8.43. The molecule has 0 bridgehead atoms. The smallest absolute Gasteiger partial charge is 0.321 e. The Morgan fingerprint density at radius 2 is 2.06 bits per heavy atom. The minimum atomic E-state index is -0.975. The molecule has 1 atom stereocenters. The first-order valence-electron chi connectivity index (χ1n) is 5.73. The highest BCUT2D eigenvalue weighted by atomic mass is 32.2. The summed E-state index contributed by atoms with van der Waals surface area (Å²) in [5, 5.41) is 8.88. The molecule has 0 amide bonds. The molecule has 0 aliphatic rings. The second kappa shape index (κ2) is 6.66. The van der Waals surface area contributed by atoms with Crippen LogP contribution in [0.2, 0.25) is 0 Å². The van der Waals surface area contributed by atoms with Crippen molar-refractivity contribution in [3.8, 4) is 5.75 Å². The first kappa shape index (κ1) is 14.9. The van der Waals surface area contributed by atoms with Crippen LogP contribution in [0.4, 0.5) is 0 Å². The molecule has 18 heavy (non-hydrogen) atoms. The van der Waals surface area contributed by atoms with E-state index in [4.69, 9.17) is 15.6 Å². The number of para-hydroxylation sites is 1. The number of nitrogens with two attached hydrogens (primary N) is 1. The third kappa shape index (κ3) is 4.58. The molecule has 100 valence electrons. The summed E-state index contributed by atoms with van der Waals surface area (Å²) in [5.74, 6) is 0.540. The van der Waals surface area contributed by atoms with E-state index < -0.39 is 16.8 Å². The van der Waals surface area contributed by atoms with Crippen LogP contribution in [0.5, 0.6) is 5.75 Å². The van der Waals surface area contributed by atoms with Crippen LogP contribution in [0.1, 0.15) is 13.8 Å². The summed E-state index contributed by atoms with van der Waals surface area (Å²) in [6.07, 6.45) is 0. The number of ether oxygens (including phenoxy) is 1. The Kier molecular flexibility index (Phi) is 5.50. The predicted molar refractivity (Wildman–Crippen MR) is 74.1 cm³/mol. The Labute approximate surface area is 112 Å². The minimum absolute atomic E-state index is 0.508. The van der Waals surface area contributed by atoms with Crippen molar-refractivity contribution in [2.75, 3.05) is 12.4 Å². The molecule has 0 radical (unpaired) electrons. The van der Waals surface area contributed by atoms with Crippen LogP contribution in [0.3, 0.4) is 0 Å². The van der Waals surface area contributed by atoms with Gasteiger partial charge in [-0.15, -0.1) is 11.8 Å². The maximum atomic E-state index is 10.8. The van der Waals surface area contributed by atoms with Gasteiger partial charge in [-0.05, 0) is 26.0 Å². The molecule has 0 aliphatic heterocycles. The van der Waals surface area contributed by atoms with E-state index in [0.717, 1.165) is 5.75 Å². The topological polar surface area (TPSA) is 72.5 Å². The van der Waals surface area contributed by atoms with Gasteiger partial charge < -0.3 is 15.6 Å². The lowest BCUT2D eigenvalue weighted by Crippen LogP contribution is -2.47. The van der Waals surface area contributed by atoms with Gasteiger partial charge in [-0.2, -0.15) is 0 Å². The van der Waals surface area contributed by atoms with E-state index in [-0.39, 0.29) is 0 Å². The van der Waals surface area contributed by atoms with Crippen LogP contribution in [-0.4, -0.2) is 34.2 Å². The molecule has 0 aliphatic carbocycles. The number of hydrogen-bond acceptors (Lipinski definition) is 4. The molecule has 0 spiro atoms. The van der Waals surface area contributed by atoms with Crippen LogP contribution in [0, 0.1) is 0 Å². The normalized spacial score (nSPS) is 13.1. The lowest BCUT2D eigenvalue weighted by Gasteiger charge is -2.27. The molecule has 0 aromatic heterocycles. The largest absolute Gasteiger partial charge is 0.493 e. The number of carbonyl (C=O) groups is 1.